The zero-order chi connectivity index (χ0) is 14.5. The molecule has 0 heterocycles. The number of carbonyl (C=O) groups excluding carboxylic acids is 1. The molecule has 2 rings (SSSR count). The average Bonchev–Trinajstić information content (AvgIpc) is 2.44. The maximum absolute atomic E-state index is 12.0. The van der Waals surface area contributed by atoms with E-state index in [0.717, 1.165) is 11.1 Å². The summed E-state index contributed by atoms with van der Waals surface area (Å²) in [6.45, 7) is 4.52. The van der Waals surface area contributed by atoms with E-state index in [1.165, 1.54) is 5.56 Å². The number of phenols is 1. The van der Waals surface area contributed by atoms with Crippen LogP contribution in [0.4, 0.5) is 0 Å². The molecule has 3 heteroatoms. The second-order valence-corrected chi connectivity index (χ2v) is 4.93. The van der Waals surface area contributed by atoms with E-state index in [1.54, 1.807) is 12.1 Å². The fourth-order valence-electron chi connectivity index (χ4n) is 2.02. The van der Waals surface area contributed by atoms with Gasteiger partial charge in [0.25, 0.3) is 5.91 Å². The van der Waals surface area contributed by atoms with Gasteiger partial charge < -0.3 is 10.4 Å². The second-order valence-electron chi connectivity index (χ2n) is 4.93. The standard InChI is InChI=1S/C17H19NO2/c1-12-7-8-15(11-13(12)2)17(20)18-10-9-14-5-3-4-6-16(14)19/h3-8,11,19H,9-10H2,1-2H3,(H,18,20). The number of hydrogen-bond acceptors (Lipinski definition) is 2. The molecule has 1 amide bonds. The zero-order valence-electron chi connectivity index (χ0n) is 11.8. The van der Waals surface area contributed by atoms with Crippen molar-refractivity contribution in [3.05, 3.63) is 64.7 Å². The summed E-state index contributed by atoms with van der Waals surface area (Å²) in [5.74, 6) is 0.191. The van der Waals surface area contributed by atoms with Gasteiger partial charge in [-0.2, -0.15) is 0 Å². The quantitative estimate of drug-likeness (QED) is 0.896. The van der Waals surface area contributed by atoms with Crippen LogP contribution in [-0.4, -0.2) is 17.6 Å². The molecule has 0 saturated carbocycles. The van der Waals surface area contributed by atoms with Crippen LogP contribution in [0.15, 0.2) is 42.5 Å². The molecule has 0 radical (unpaired) electrons. The first-order valence-corrected chi connectivity index (χ1v) is 6.70. The van der Waals surface area contributed by atoms with Crippen LogP contribution in [0.25, 0.3) is 0 Å². The number of nitrogens with one attached hydrogen (secondary N) is 1. The van der Waals surface area contributed by atoms with E-state index in [-0.39, 0.29) is 11.7 Å². The molecule has 2 N–H and O–H groups in total. The van der Waals surface area contributed by atoms with E-state index < -0.39 is 0 Å². The summed E-state index contributed by atoms with van der Waals surface area (Å²) < 4.78 is 0. The van der Waals surface area contributed by atoms with Crippen LogP contribution in [0, 0.1) is 13.8 Å². The normalized spacial score (nSPS) is 10.3. The van der Waals surface area contributed by atoms with Crippen molar-refractivity contribution in [1.82, 2.24) is 5.32 Å². The Morgan fingerprint density at radius 3 is 2.55 bits per heavy atom. The van der Waals surface area contributed by atoms with Gasteiger partial charge in [-0.25, -0.2) is 0 Å². The summed E-state index contributed by atoms with van der Waals surface area (Å²) >= 11 is 0. The number of amides is 1. The van der Waals surface area contributed by atoms with Crippen molar-refractivity contribution in [2.75, 3.05) is 6.54 Å². The van der Waals surface area contributed by atoms with Crippen molar-refractivity contribution >= 4 is 5.91 Å². The van der Waals surface area contributed by atoms with Gasteiger partial charge >= 0.3 is 0 Å². The highest BCUT2D eigenvalue weighted by atomic mass is 16.3. The van der Waals surface area contributed by atoms with Gasteiger partial charge in [-0.1, -0.05) is 24.3 Å². The first-order valence-electron chi connectivity index (χ1n) is 6.70. The lowest BCUT2D eigenvalue weighted by molar-refractivity contribution is 0.0954. The number of rotatable bonds is 4. The molecule has 0 bridgehead atoms. The highest BCUT2D eigenvalue weighted by Crippen LogP contribution is 2.15. The third-order valence-corrected chi connectivity index (χ3v) is 3.44. The van der Waals surface area contributed by atoms with Crippen molar-refractivity contribution in [3.63, 3.8) is 0 Å². The van der Waals surface area contributed by atoms with Crippen molar-refractivity contribution in [1.29, 1.82) is 0 Å². The minimum absolute atomic E-state index is 0.0801. The number of phenolic OH excluding ortho intramolecular Hbond substituents is 1. The number of para-hydroxylation sites is 1. The summed E-state index contributed by atoms with van der Waals surface area (Å²) in [6, 6.07) is 12.8. The Bertz CT molecular complexity index is 620. The molecule has 2 aromatic rings. The smallest absolute Gasteiger partial charge is 0.251 e. The Balaban J connectivity index is 1.92. The van der Waals surface area contributed by atoms with Crippen LogP contribution in [0.1, 0.15) is 27.0 Å². The maximum Gasteiger partial charge on any atom is 0.251 e. The van der Waals surface area contributed by atoms with Gasteiger partial charge in [-0.05, 0) is 55.2 Å². The highest BCUT2D eigenvalue weighted by molar-refractivity contribution is 5.94. The number of aryl methyl sites for hydroxylation is 2. The van der Waals surface area contributed by atoms with Gasteiger partial charge in [-0.15, -0.1) is 0 Å². The molecule has 3 nitrogen and oxygen atoms in total. The van der Waals surface area contributed by atoms with Gasteiger partial charge in [0.1, 0.15) is 5.75 Å². The predicted octanol–water partition coefficient (Wildman–Crippen LogP) is 2.98. The molecule has 0 aliphatic carbocycles. The third-order valence-electron chi connectivity index (χ3n) is 3.44. The van der Waals surface area contributed by atoms with Crippen molar-refractivity contribution < 1.29 is 9.90 Å². The number of benzene rings is 2. The zero-order valence-corrected chi connectivity index (χ0v) is 11.8. The van der Waals surface area contributed by atoms with E-state index >= 15 is 0 Å². The molecule has 0 fully saturated rings. The summed E-state index contributed by atoms with van der Waals surface area (Å²) in [4.78, 5) is 12.0. The van der Waals surface area contributed by atoms with Gasteiger partial charge in [-0.3, -0.25) is 4.79 Å². The van der Waals surface area contributed by atoms with E-state index in [1.807, 2.05) is 44.2 Å². The molecule has 0 aliphatic heterocycles. The molecular weight excluding hydrogens is 250 g/mol. The Kier molecular flexibility index (Phi) is 4.41. The average molecular weight is 269 g/mol. The minimum Gasteiger partial charge on any atom is -0.508 e. The van der Waals surface area contributed by atoms with Crippen molar-refractivity contribution in [2.24, 2.45) is 0 Å². The number of aromatic hydroxyl groups is 1. The molecule has 0 saturated heterocycles. The van der Waals surface area contributed by atoms with Crippen LogP contribution in [0.5, 0.6) is 5.75 Å². The summed E-state index contributed by atoms with van der Waals surface area (Å²) in [6.07, 6.45) is 0.614. The van der Waals surface area contributed by atoms with E-state index in [9.17, 15) is 9.90 Å². The van der Waals surface area contributed by atoms with E-state index in [4.69, 9.17) is 0 Å². The minimum atomic E-state index is -0.0801. The van der Waals surface area contributed by atoms with Crippen LogP contribution < -0.4 is 5.32 Å². The van der Waals surface area contributed by atoms with Gasteiger partial charge in [0, 0.05) is 12.1 Å². The monoisotopic (exact) mass is 269 g/mol. The fraction of sp³-hybridized carbons (Fsp3) is 0.235. The molecule has 0 atom stereocenters. The van der Waals surface area contributed by atoms with Crippen LogP contribution >= 0.6 is 0 Å². The number of hydrogen-bond donors (Lipinski definition) is 2. The Morgan fingerprint density at radius 1 is 1.10 bits per heavy atom. The van der Waals surface area contributed by atoms with Crippen LogP contribution in [-0.2, 0) is 6.42 Å². The predicted molar refractivity (Wildman–Crippen MR) is 80.1 cm³/mol. The first-order chi connectivity index (χ1) is 9.58. The summed E-state index contributed by atoms with van der Waals surface area (Å²) in [5.41, 5.74) is 3.80. The van der Waals surface area contributed by atoms with Crippen LogP contribution in [0.2, 0.25) is 0 Å². The Morgan fingerprint density at radius 2 is 1.85 bits per heavy atom. The van der Waals surface area contributed by atoms with Crippen LogP contribution in [0.3, 0.4) is 0 Å². The lowest BCUT2D eigenvalue weighted by Gasteiger charge is -2.08. The molecular formula is C17H19NO2. The van der Waals surface area contributed by atoms with E-state index in [0.29, 0.717) is 18.5 Å². The van der Waals surface area contributed by atoms with Gasteiger partial charge in [0.15, 0.2) is 0 Å². The molecule has 104 valence electrons. The largest absolute Gasteiger partial charge is 0.508 e. The van der Waals surface area contributed by atoms with E-state index in [2.05, 4.69) is 5.32 Å². The lowest BCUT2D eigenvalue weighted by atomic mass is 10.1. The first kappa shape index (κ1) is 14.1. The SMILES string of the molecule is Cc1ccc(C(=O)NCCc2ccccc2O)cc1C. The molecule has 0 spiro atoms. The molecule has 0 unspecified atom stereocenters. The Labute approximate surface area is 119 Å². The second kappa shape index (κ2) is 6.24. The fourth-order valence-corrected chi connectivity index (χ4v) is 2.02. The summed E-state index contributed by atoms with van der Waals surface area (Å²) in [7, 11) is 0. The molecule has 20 heavy (non-hydrogen) atoms. The third kappa shape index (κ3) is 3.38. The van der Waals surface area contributed by atoms with Crippen molar-refractivity contribution in [2.45, 2.75) is 20.3 Å². The molecule has 0 aliphatic rings. The lowest BCUT2D eigenvalue weighted by Crippen LogP contribution is -2.25. The number of carbonyl (C=O) groups is 1. The highest BCUT2D eigenvalue weighted by Gasteiger charge is 2.06. The summed E-state index contributed by atoms with van der Waals surface area (Å²) in [5, 5.41) is 12.5. The van der Waals surface area contributed by atoms with Gasteiger partial charge in [0.05, 0.1) is 0 Å². The van der Waals surface area contributed by atoms with Crippen molar-refractivity contribution in [3.8, 4) is 5.75 Å². The molecule has 0 aromatic heterocycles. The Hall–Kier alpha value is -2.29. The maximum atomic E-state index is 12.0. The topological polar surface area (TPSA) is 49.3 Å². The van der Waals surface area contributed by atoms with Gasteiger partial charge in [0.2, 0.25) is 0 Å². The molecule has 2 aromatic carbocycles.